The van der Waals surface area contributed by atoms with E-state index < -0.39 is 0 Å². The molecule has 0 N–H and O–H groups in total. The molecule has 0 unspecified atom stereocenters. The average molecular weight is 371 g/mol. The van der Waals surface area contributed by atoms with Crippen LogP contribution < -0.4 is 0 Å². The van der Waals surface area contributed by atoms with E-state index in [1.54, 1.807) is 0 Å². The number of rotatable bonds is 7. The van der Waals surface area contributed by atoms with Gasteiger partial charge in [0.05, 0.1) is 5.52 Å². The molecule has 0 atom stereocenters. The van der Waals surface area contributed by atoms with E-state index in [1.807, 2.05) is 42.6 Å². The van der Waals surface area contributed by atoms with E-state index in [0.717, 1.165) is 40.8 Å². The zero-order valence-electron chi connectivity index (χ0n) is 13.9. The van der Waals surface area contributed by atoms with Gasteiger partial charge in [-0.15, -0.1) is 23.2 Å². The van der Waals surface area contributed by atoms with Gasteiger partial charge in [-0.25, -0.2) is 0 Å². The molecule has 25 heavy (non-hydrogen) atoms. The fourth-order valence-electron chi connectivity index (χ4n) is 2.92. The molecule has 0 radical (unpaired) electrons. The molecule has 0 aliphatic carbocycles. The predicted octanol–water partition coefficient (Wildman–Crippen LogP) is 5.51. The van der Waals surface area contributed by atoms with Crippen molar-refractivity contribution in [3.8, 4) is 0 Å². The topological polar surface area (TPSA) is 16.1 Å². The first kappa shape index (κ1) is 17.8. The molecule has 0 saturated heterocycles. The highest BCUT2D eigenvalue weighted by Crippen LogP contribution is 2.28. The number of halogens is 2. The van der Waals surface area contributed by atoms with Crippen molar-refractivity contribution in [3.63, 3.8) is 0 Å². The Hall–Kier alpha value is -2.03. The van der Waals surface area contributed by atoms with Gasteiger partial charge in [0.2, 0.25) is 0 Å². The Labute approximate surface area is 158 Å². The molecule has 0 aliphatic heterocycles. The van der Waals surface area contributed by atoms with Crippen molar-refractivity contribution >= 4 is 45.9 Å². The van der Waals surface area contributed by atoms with Gasteiger partial charge in [0, 0.05) is 47.7 Å². The summed E-state index contributed by atoms with van der Waals surface area (Å²) >= 11 is 12.1. The van der Waals surface area contributed by atoms with Crippen molar-refractivity contribution in [2.45, 2.75) is 0 Å². The lowest BCUT2D eigenvalue weighted by atomic mass is 10.0. The number of pyridine rings is 1. The molecule has 3 rings (SSSR count). The van der Waals surface area contributed by atoms with E-state index in [9.17, 15) is 0 Å². The molecule has 1 aromatic heterocycles. The van der Waals surface area contributed by atoms with Crippen LogP contribution in [0.2, 0.25) is 0 Å². The van der Waals surface area contributed by atoms with Crippen LogP contribution in [0.3, 0.4) is 0 Å². The Morgan fingerprint density at radius 1 is 0.880 bits per heavy atom. The van der Waals surface area contributed by atoms with Crippen LogP contribution in [0.25, 0.3) is 22.7 Å². The number of fused-ring (bicyclic) bond motifs is 1. The second kappa shape index (κ2) is 8.89. The summed E-state index contributed by atoms with van der Waals surface area (Å²) < 4.78 is 0. The van der Waals surface area contributed by atoms with Gasteiger partial charge in [-0.05, 0) is 23.8 Å². The zero-order chi connectivity index (χ0) is 17.5. The molecule has 0 amide bonds. The summed E-state index contributed by atoms with van der Waals surface area (Å²) in [5, 5.41) is 1.13. The fourth-order valence-corrected chi connectivity index (χ4v) is 3.33. The van der Waals surface area contributed by atoms with Crippen LogP contribution in [0, 0.1) is 0 Å². The molecule has 0 bridgehead atoms. The summed E-state index contributed by atoms with van der Waals surface area (Å²) in [5.41, 5.74) is 4.39. The Morgan fingerprint density at radius 3 is 2.28 bits per heavy atom. The van der Waals surface area contributed by atoms with Crippen LogP contribution >= 0.6 is 23.2 Å². The summed E-state index contributed by atoms with van der Waals surface area (Å²) in [6.07, 6.45) is 4.05. The number of alkyl halides is 2. The van der Waals surface area contributed by atoms with Gasteiger partial charge in [0.25, 0.3) is 0 Å². The first-order valence-corrected chi connectivity index (χ1v) is 9.38. The quantitative estimate of drug-likeness (QED) is 0.509. The Kier molecular flexibility index (Phi) is 6.32. The molecular formula is C21H20Cl2N2. The highest BCUT2D eigenvalue weighted by molar-refractivity contribution is 6.18. The van der Waals surface area contributed by atoms with Gasteiger partial charge in [0.1, 0.15) is 0 Å². The summed E-state index contributed by atoms with van der Waals surface area (Å²) in [6, 6.07) is 20.6. The van der Waals surface area contributed by atoms with Crippen LogP contribution in [0.5, 0.6) is 0 Å². The number of hydrogen-bond acceptors (Lipinski definition) is 2. The highest BCUT2D eigenvalue weighted by atomic mass is 35.5. The zero-order valence-corrected chi connectivity index (χ0v) is 15.4. The number of hydrogen-bond donors (Lipinski definition) is 0. The minimum absolute atomic E-state index is 0.548. The van der Waals surface area contributed by atoms with Crippen LogP contribution in [-0.2, 0) is 0 Å². The van der Waals surface area contributed by atoms with Crippen molar-refractivity contribution in [1.82, 2.24) is 9.88 Å². The normalized spacial score (nSPS) is 11.7. The van der Waals surface area contributed by atoms with Crippen LogP contribution in [0.1, 0.15) is 11.1 Å². The molecule has 0 aliphatic rings. The maximum Gasteiger partial charge on any atom is 0.0708 e. The maximum atomic E-state index is 6.06. The Morgan fingerprint density at radius 2 is 1.56 bits per heavy atom. The number of nitrogens with zero attached hydrogens (tertiary/aromatic N) is 2. The Bertz CT molecular complexity index is 835. The summed E-state index contributed by atoms with van der Waals surface area (Å²) in [4.78, 5) is 6.73. The van der Waals surface area contributed by atoms with Gasteiger partial charge in [-0.1, -0.05) is 48.5 Å². The summed E-state index contributed by atoms with van der Waals surface area (Å²) in [6.45, 7) is 1.48. The van der Waals surface area contributed by atoms with E-state index in [4.69, 9.17) is 23.2 Å². The summed E-state index contributed by atoms with van der Waals surface area (Å²) in [7, 11) is 0. The summed E-state index contributed by atoms with van der Waals surface area (Å²) in [5.74, 6) is 1.10. The molecule has 2 nitrogen and oxygen atoms in total. The van der Waals surface area contributed by atoms with Gasteiger partial charge in [0.15, 0.2) is 0 Å². The second-order valence-electron chi connectivity index (χ2n) is 5.68. The average Bonchev–Trinajstić information content (AvgIpc) is 2.66. The first-order valence-electron chi connectivity index (χ1n) is 8.31. The molecule has 128 valence electrons. The second-order valence-corrected chi connectivity index (χ2v) is 6.44. The molecule has 0 spiro atoms. The SMILES string of the molecule is ClCCN(CCCl)/C(=C\c1ccccc1)c1ccnc2ccccc12. The molecule has 0 fully saturated rings. The fraction of sp³-hybridized carbons (Fsp3) is 0.190. The van der Waals surface area contributed by atoms with Crippen LogP contribution in [-0.4, -0.2) is 34.7 Å². The van der Waals surface area contributed by atoms with Crippen LogP contribution in [0.4, 0.5) is 0 Å². The van der Waals surface area contributed by atoms with Crippen molar-refractivity contribution in [2.24, 2.45) is 0 Å². The first-order chi connectivity index (χ1) is 12.3. The number of para-hydroxylation sites is 1. The predicted molar refractivity (Wildman–Crippen MR) is 109 cm³/mol. The van der Waals surface area contributed by atoms with Gasteiger partial charge in [-0.3, -0.25) is 4.98 Å². The van der Waals surface area contributed by atoms with E-state index in [-0.39, 0.29) is 0 Å². The minimum atomic E-state index is 0.548. The van der Waals surface area contributed by atoms with E-state index in [0.29, 0.717) is 11.8 Å². The minimum Gasteiger partial charge on any atom is -0.369 e. The molecule has 1 heterocycles. The van der Waals surface area contributed by atoms with E-state index in [2.05, 4.69) is 40.2 Å². The van der Waals surface area contributed by atoms with Gasteiger partial charge < -0.3 is 4.90 Å². The van der Waals surface area contributed by atoms with E-state index in [1.165, 1.54) is 0 Å². The van der Waals surface area contributed by atoms with Crippen molar-refractivity contribution in [2.75, 3.05) is 24.8 Å². The molecule has 4 heteroatoms. The smallest absolute Gasteiger partial charge is 0.0708 e. The molecule has 0 saturated carbocycles. The van der Waals surface area contributed by atoms with Gasteiger partial charge in [-0.2, -0.15) is 0 Å². The number of aromatic nitrogens is 1. The third-order valence-electron chi connectivity index (χ3n) is 4.08. The molecule has 2 aromatic carbocycles. The molecule has 3 aromatic rings. The third kappa shape index (κ3) is 4.33. The van der Waals surface area contributed by atoms with Crippen molar-refractivity contribution in [3.05, 3.63) is 78.0 Å². The lowest BCUT2D eigenvalue weighted by Crippen LogP contribution is -2.26. The van der Waals surface area contributed by atoms with Crippen molar-refractivity contribution < 1.29 is 0 Å². The standard InChI is InChI=1S/C21H20Cl2N2/c22-11-14-25(15-12-23)21(16-17-6-2-1-3-7-17)19-10-13-24-20-9-5-4-8-18(19)20/h1-10,13,16H,11-12,14-15H2/b21-16-. The largest absolute Gasteiger partial charge is 0.369 e. The highest BCUT2D eigenvalue weighted by Gasteiger charge is 2.14. The van der Waals surface area contributed by atoms with E-state index >= 15 is 0 Å². The number of benzene rings is 2. The van der Waals surface area contributed by atoms with Gasteiger partial charge >= 0.3 is 0 Å². The van der Waals surface area contributed by atoms with Crippen molar-refractivity contribution in [1.29, 1.82) is 0 Å². The third-order valence-corrected chi connectivity index (χ3v) is 4.42. The lowest BCUT2D eigenvalue weighted by Gasteiger charge is -2.27. The maximum absolute atomic E-state index is 6.06. The monoisotopic (exact) mass is 370 g/mol. The Balaban J connectivity index is 2.17. The lowest BCUT2D eigenvalue weighted by molar-refractivity contribution is 0.449. The van der Waals surface area contributed by atoms with Crippen LogP contribution in [0.15, 0.2) is 66.9 Å². The molecular weight excluding hydrogens is 351 g/mol.